The molecular formula is C19H19N5O2. The number of primary amides is 1. The molecule has 7 nitrogen and oxygen atoms in total. The van der Waals surface area contributed by atoms with Gasteiger partial charge in [0.1, 0.15) is 5.60 Å². The SMILES string of the molecule is C[C@@]1(c2nc(-c3ccc(C(N)=O)cc3)nn2-c2ccccn2)CCCO1. The van der Waals surface area contributed by atoms with Crippen LogP contribution in [0.5, 0.6) is 0 Å². The first-order chi connectivity index (χ1) is 12.6. The Hall–Kier alpha value is -3.06. The monoisotopic (exact) mass is 349 g/mol. The van der Waals surface area contributed by atoms with Crippen molar-refractivity contribution in [2.24, 2.45) is 5.73 Å². The Balaban J connectivity index is 1.82. The molecule has 1 saturated heterocycles. The van der Waals surface area contributed by atoms with Crippen molar-refractivity contribution in [3.05, 3.63) is 60.0 Å². The first kappa shape index (κ1) is 16.4. The van der Waals surface area contributed by atoms with Crippen molar-refractivity contribution < 1.29 is 9.53 Å². The zero-order valence-corrected chi connectivity index (χ0v) is 14.4. The first-order valence-electron chi connectivity index (χ1n) is 8.50. The zero-order valence-electron chi connectivity index (χ0n) is 14.4. The van der Waals surface area contributed by atoms with Crippen LogP contribution >= 0.6 is 0 Å². The van der Waals surface area contributed by atoms with Crippen molar-refractivity contribution in [1.82, 2.24) is 19.7 Å². The summed E-state index contributed by atoms with van der Waals surface area (Å²) in [5.41, 5.74) is 6.05. The number of amides is 1. The minimum absolute atomic E-state index is 0.448. The highest BCUT2D eigenvalue weighted by Gasteiger charge is 2.38. The quantitative estimate of drug-likeness (QED) is 0.780. The first-order valence-corrected chi connectivity index (χ1v) is 8.50. The molecule has 1 aliphatic heterocycles. The summed E-state index contributed by atoms with van der Waals surface area (Å²) in [6.45, 7) is 2.73. The number of carbonyl (C=O) groups excluding carboxylic acids is 1. The molecule has 3 heterocycles. The van der Waals surface area contributed by atoms with Gasteiger partial charge in [-0.3, -0.25) is 4.79 Å². The van der Waals surface area contributed by atoms with Crippen LogP contribution in [0.2, 0.25) is 0 Å². The molecule has 0 unspecified atom stereocenters. The van der Waals surface area contributed by atoms with Gasteiger partial charge in [-0.1, -0.05) is 18.2 Å². The van der Waals surface area contributed by atoms with Crippen LogP contribution in [0.1, 0.15) is 35.9 Å². The summed E-state index contributed by atoms with van der Waals surface area (Å²) in [6, 6.07) is 12.6. The fourth-order valence-electron chi connectivity index (χ4n) is 3.15. The Morgan fingerprint density at radius 1 is 1.23 bits per heavy atom. The lowest BCUT2D eigenvalue weighted by Gasteiger charge is -2.22. The van der Waals surface area contributed by atoms with E-state index in [1.54, 1.807) is 35.1 Å². The van der Waals surface area contributed by atoms with E-state index in [1.807, 2.05) is 25.1 Å². The highest BCUT2D eigenvalue weighted by molar-refractivity contribution is 5.93. The average Bonchev–Trinajstić information content (AvgIpc) is 3.30. The highest BCUT2D eigenvalue weighted by atomic mass is 16.5. The van der Waals surface area contributed by atoms with Crippen molar-refractivity contribution in [2.75, 3.05) is 6.61 Å². The molecule has 0 saturated carbocycles. The third-order valence-corrected chi connectivity index (χ3v) is 4.59. The van der Waals surface area contributed by atoms with Crippen LogP contribution in [0.25, 0.3) is 17.2 Å². The molecule has 0 bridgehead atoms. The van der Waals surface area contributed by atoms with Crippen molar-refractivity contribution in [3.63, 3.8) is 0 Å². The van der Waals surface area contributed by atoms with E-state index in [2.05, 4.69) is 10.1 Å². The molecule has 0 spiro atoms. The van der Waals surface area contributed by atoms with E-state index >= 15 is 0 Å². The summed E-state index contributed by atoms with van der Waals surface area (Å²) >= 11 is 0. The third-order valence-electron chi connectivity index (χ3n) is 4.59. The van der Waals surface area contributed by atoms with E-state index in [1.165, 1.54) is 0 Å². The second-order valence-electron chi connectivity index (χ2n) is 6.48. The molecule has 1 amide bonds. The second-order valence-corrected chi connectivity index (χ2v) is 6.48. The van der Waals surface area contributed by atoms with Crippen LogP contribution in [0, 0.1) is 0 Å². The molecular weight excluding hydrogens is 330 g/mol. The predicted octanol–water partition coefficient (Wildman–Crippen LogP) is 2.45. The molecule has 1 fully saturated rings. The molecule has 2 aromatic heterocycles. The molecule has 1 atom stereocenters. The minimum Gasteiger partial charge on any atom is -0.367 e. The van der Waals surface area contributed by atoms with Crippen LogP contribution in [-0.4, -0.2) is 32.3 Å². The lowest BCUT2D eigenvalue weighted by Crippen LogP contribution is -2.25. The van der Waals surface area contributed by atoms with Gasteiger partial charge in [0.05, 0.1) is 0 Å². The summed E-state index contributed by atoms with van der Waals surface area (Å²) in [4.78, 5) is 20.4. The van der Waals surface area contributed by atoms with Gasteiger partial charge in [-0.2, -0.15) is 4.68 Å². The largest absolute Gasteiger partial charge is 0.367 e. The maximum atomic E-state index is 11.3. The van der Waals surface area contributed by atoms with Crippen molar-refractivity contribution in [3.8, 4) is 17.2 Å². The topological polar surface area (TPSA) is 95.9 Å². The maximum Gasteiger partial charge on any atom is 0.248 e. The van der Waals surface area contributed by atoms with Gasteiger partial charge >= 0.3 is 0 Å². The third kappa shape index (κ3) is 2.86. The Kier molecular flexibility index (Phi) is 4.00. The number of pyridine rings is 1. The van der Waals surface area contributed by atoms with Gasteiger partial charge in [-0.25, -0.2) is 9.97 Å². The number of rotatable bonds is 4. The van der Waals surface area contributed by atoms with Crippen molar-refractivity contribution in [1.29, 1.82) is 0 Å². The zero-order chi connectivity index (χ0) is 18.1. The van der Waals surface area contributed by atoms with E-state index in [9.17, 15) is 4.79 Å². The number of aromatic nitrogens is 4. The number of nitrogens with two attached hydrogens (primary N) is 1. The number of hydrogen-bond acceptors (Lipinski definition) is 5. The lowest BCUT2D eigenvalue weighted by atomic mass is 10.0. The molecule has 4 rings (SSSR count). The minimum atomic E-state index is -0.504. The van der Waals surface area contributed by atoms with Crippen LogP contribution in [0.4, 0.5) is 0 Å². The van der Waals surface area contributed by atoms with Crippen LogP contribution < -0.4 is 5.73 Å². The Morgan fingerprint density at radius 2 is 2.04 bits per heavy atom. The molecule has 1 aliphatic rings. The van der Waals surface area contributed by atoms with Gasteiger partial charge in [-0.05, 0) is 44.0 Å². The van der Waals surface area contributed by atoms with Gasteiger partial charge in [0.15, 0.2) is 17.5 Å². The number of carbonyl (C=O) groups is 1. The number of ether oxygens (including phenoxy) is 1. The molecule has 3 aromatic rings. The van der Waals surface area contributed by atoms with E-state index < -0.39 is 11.5 Å². The highest BCUT2D eigenvalue weighted by Crippen LogP contribution is 2.36. The Morgan fingerprint density at radius 3 is 2.65 bits per heavy atom. The number of nitrogens with zero attached hydrogens (tertiary/aromatic N) is 4. The second kappa shape index (κ2) is 6.34. The van der Waals surface area contributed by atoms with E-state index in [-0.39, 0.29) is 0 Å². The summed E-state index contributed by atoms with van der Waals surface area (Å²) in [6.07, 6.45) is 3.58. The summed E-state index contributed by atoms with van der Waals surface area (Å²) < 4.78 is 7.71. The fourth-order valence-corrected chi connectivity index (χ4v) is 3.15. The standard InChI is InChI=1S/C19H19N5O2/c1-19(10-4-12-26-19)18-22-17(14-8-6-13(7-9-14)16(20)25)23-24(18)15-5-2-3-11-21-15/h2-3,5-9,11H,4,10,12H2,1H3,(H2,20,25)/t19-/m0/s1. The Labute approximate surface area is 150 Å². The molecule has 7 heteroatoms. The molecule has 132 valence electrons. The van der Waals surface area contributed by atoms with Crippen LogP contribution in [-0.2, 0) is 10.3 Å². The summed E-state index contributed by atoms with van der Waals surface area (Å²) in [5.74, 6) is 1.50. The normalized spacial score (nSPS) is 19.6. The maximum absolute atomic E-state index is 11.3. The van der Waals surface area contributed by atoms with E-state index in [4.69, 9.17) is 15.5 Å². The molecule has 26 heavy (non-hydrogen) atoms. The fraction of sp³-hybridized carbons (Fsp3) is 0.263. The lowest BCUT2D eigenvalue weighted by molar-refractivity contribution is 0.00758. The average molecular weight is 349 g/mol. The number of hydrogen-bond donors (Lipinski definition) is 1. The van der Waals surface area contributed by atoms with Crippen molar-refractivity contribution in [2.45, 2.75) is 25.4 Å². The van der Waals surface area contributed by atoms with E-state index in [0.717, 1.165) is 24.2 Å². The van der Waals surface area contributed by atoms with Gasteiger partial charge in [0.2, 0.25) is 5.91 Å². The van der Waals surface area contributed by atoms with Crippen LogP contribution in [0.3, 0.4) is 0 Å². The molecule has 2 N–H and O–H groups in total. The Bertz CT molecular complexity index is 928. The molecule has 1 aromatic carbocycles. The molecule has 0 aliphatic carbocycles. The smallest absolute Gasteiger partial charge is 0.248 e. The van der Waals surface area contributed by atoms with Crippen molar-refractivity contribution >= 4 is 5.91 Å². The van der Waals surface area contributed by atoms with Gasteiger partial charge < -0.3 is 10.5 Å². The number of benzene rings is 1. The van der Waals surface area contributed by atoms with Gasteiger partial charge in [-0.15, -0.1) is 5.10 Å². The summed E-state index contributed by atoms with van der Waals surface area (Å²) in [7, 11) is 0. The van der Waals surface area contributed by atoms with Crippen LogP contribution in [0.15, 0.2) is 48.7 Å². The van der Waals surface area contributed by atoms with Gasteiger partial charge in [0.25, 0.3) is 0 Å². The summed E-state index contributed by atoms with van der Waals surface area (Å²) in [5, 5.41) is 4.66. The van der Waals surface area contributed by atoms with E-state index in [0.29, 0.717) is 23.8 Å². The predicted molar refractivity (Wildman–Crippen MR) is 95.6 cm³/mol. The molecule has 0 radical (unpaired) electrons. The van der Waals surface area contributed by atoms with Gasteiger partial charge in [0, 0.05) is 23.9 Å².